The van der Waals surface area contributed by atoms with Crippen LogP contribution in [0, 0.1) is 0 Å². The summed E-state index contributed by atoms with van der Waals surface area (Å²) in [5.41, 5.74) is 0. The van der Waals surface area contributed by atoms with E-state index in [1.54, 1.807) is 0 Å². The van der Waals surface area contributed by atoms with Gasteiger partial charge in [-0.15, -0.1) is 0 Å². The summed E-state index contributed by atoms with van der Waals surface area (Å²) in [6, 6.07) is 0. The van der Waals surface area contributed by atoms with Crippen LogP contribution in [0.1, 0.15) is 39.0 Å². The molecule has 1 fully saturated rings. The van der Waals surface area contributed by atoms with Crippen molar-refractivity contribution in [3.63, 3.8) is 0 Å². The molecule has 0 spiro atoms. The monoisotopic (exact) mass is 184 g/mol. The van der Waals surface area contributed by atoms with Crippen LogP contribution >= 0.6 is 0 Å². The minimum atomic E-state index is 1.20. The lowest BCUT2D eigenvalue weighted by atomic mass is 10.2. The van der Waals surface area contributed by atoms with E-state index in [1.165, 1.54) is 64.8 Å². The number of nitrogens with zero attached hydrogens (tertiary/aromatic N) is 1. The Morgan fingerprint density at radius 2 is 1.62 bits per heavy atom. The second-order valence-corrected chi connectivity index (χ2v) is 3.95. The zero-order valence-corrected chi connectivity index (χ0v) is 9.02. The van der Waals surface area contributed by atoms with Gasteiger partial charge in [0.1, 0.15) is 0 Å². The van der Waals surface area contributed by atoms with Gasteiger partial charge in [-0.1, -0.05) is 19.8 Å². The van der Waals surface area contributed by atoms with E-state index in [1.807, 2.05) is 0 Å². The predicted molar refractivity (Wildman–Crippen MR) is 58.1 cm³/mol. The first kappa shape index (κ1) is 11.0. The summed E-state index contributed by atoms with van der Waals surface area (Å²) in [4.78, 5) is 2.58. The van der Waals surface area contributed by atoms with Crippen LogP contribution < -0.4 is 5.32 Å². The van der Waals surface area contributed by atoms with Crippen LogP contribution in [-0.2, 0) is 0 Å². The highest BCUT2D eigenvalue weighted by Crippen LogP contribution is 2.03. The number of hydrogen-bond donors (Lipinski definition) is 1. The SMILES string of the molecule is CCN1CCCCCCNCCC1. The van der Waals surface area contributed by atoms with Gasteiger partial charge in [-0.25, -0.2) is 0 Å². The van der Waals surface area contributed by atoms with Gasteiger partial charge in [0.25, 0.3) is 0 Å². The molecule has 1 saturated heterocycles. The highest BCUT2D eigenvalue weighted by molar-refractivity contribution is 4.60. The number of rotatable bonds is 1. The summed E-state index contributed by atoms with van der Waals surface area (Å²) in [6.45, 7) is 8.52. The molecule has 0 aromatic rings. The van der Waals surface area contributed by atoms with Crippen molar-refractivity contribution < 1.29 is 0 Å². The van der Waals surface area contributed by atoms with E-state index < -0.39 is 0 Å². The molecule has 0 unspecified atom stereocenters. The van der Waals surface area contributed by atoms with E-state index in [2.05, 4.69) is 17.1 Å². The van der Waals surface area contributed by atoms with Gasteiger partial charge in [0.2, 0.25) is 0 Å². The Balaban J connectivity index is 2.18. The van der Waals surface area contributed by atoms with Crippen LogP contribution in [0.5, 0.6) is 0 Å². The van der Waals surface area contributed by atoms with Gasteiger partial charge in [0.15, 0.2) is 0 Å². The molecule has 1 N–H and O–H groups in total. The van der Waals surface area contributed by atoms with Gasteiger partial charge in [0.05, 0.1) is 0 Å². The van der Waals surface area contributed by atoms with E-state index >= 15 is 0 Å². The molecule has 2 heteroatoms. The highest BCUT2D eigenvalue weighted by Gasteiger charge is 2.02. The zero-order chi connectivity index (χ0) is 9.36. The van der Waals surface area contributed by atoms with Crippen molar-refractivity contribution in [2.75, 3.05) is 32.7 Å². The van der Waals surface area contributed by atoms with Gasteiger partial charge in [0, 0.05) is 0 Å². The number of nitrogens with one attached hydrogen (secondary N) is 1. The molecule has 2 nitrogen and oxygen atoms in total. The molecule has 0 aliphatic carbocycles. The third-order valence-electron chi connectivity index (χ3n) is 2.85. The average molecular weight is 184 g/mol. The van der Waals surface area contributed by atoms with Gasteiger partial charge in [-0.3, -0.25) is 0 Å². The van der Waals surface area contributed by atoms with Crippen molar-refractivity contribution in [2.45, 2.75) is 39.0 Å². The first-order valence-electron chi connectivity index (χ1n) is 5.86. The largest absolute Gasteiger partial charge is 0.317 e. The van der Waals surface area contributed by atoms with Crippen LogP contribution in [0.2, 0.25) is 0 Å². The van der Waals surface area contributed by atoms with E-state index in [4.69, 9.17) is 0 Å². The molecule has 0 saturated carbocycles. The fourth-order valence-electron chi connectivity index (χ4n) is 1.92. The van der Waals surface area contributed by atoms with Crippen LogP contribution in [0.3, 0.4) is 0 Å². The van der Waals surface area contributed by atoms with Gasteiger partial charge >= 0.3 is 0 Å². The van der Waals surface area contributed by atoms with Crippen molar-refractivity contribution in [2.24, 2.45) is 0 Å². The molecular weight excluding hydrogens is 160 g/mol. The van der Waals surface area contributed by atoms with Crippen molar-refractivity contribution >= 4 is 0 Å². The van der Waals surface area contributed by atoms with Gasteiger partial charge in [-0.05, 0) is 52.0 Å². The van der Waals surface area contributed by atoms with Crippen LogP contribution in [0.4, 0.5) is 0 Å². The normalized spacial score (nSPS) is 23.8. The summed E-state index contributed by atoms with van der Waals surface area (Å²) in [7, 11) is 0. The van der Waals surface area contributed by atoms with Crippen molar-refractivity contribution in [1.29, 1.82) is 0 Å². The molecular formula is C11H24N2. The zero-order valence-electron chi connectivity index (χ0n) is 9.02. The molecule has 1 aliphatic rings. The molecule has 0 radical (unpaired) electrons. The van der Waals surface area contributed by atoms with Gasteiger partial charge < -0.3 is 10.2 Å². The Bertz CT molecular complexity index is 103. The van der Waals surface area contributed by atoms with Crippen LogP contribution in [-0.4, -0.2) is 37.6 Å². The smallest absolute Gasteiger partial charge is 0.000676 e. The molecule has 0 aromatic carbocycles. The third-order valence-corrected chi connectivity index (χ3v) is 2.85. The Labute approximate surface area is 82.7 Å². The minimum Gasteiger partial charge on any atom is -0.317 e. The molecule has 13 heavy (non-hydrogen) atoms. The van der Waals surface area contributed by atoms with E-state index in [0.717, 1.165) is 0 Å². The lowest BCUT2D eigenvalue weighted by molar-refractivity contribution is 0.279. The number of hydrogen-bond acceptors (Lipinski definition) is 2. The third kappa shape index (κ3) is 5.27. The predicted octanol–water partition coefficient (Wildman–Crippen LogP) is 1.86. The Hall–Kier alpha value is -0.0800. The second-order valence-electron chi connectivity index (χ2n) is 3.95. The molecule has 0 bridgehead atoms. The van der Waals surface area contributed by atoms with Crippen molar-refractivity contribution in [3.8, 4) is 0 Å². The summed E-state index contributed by atoms with van der Waals surface area (Å²) in [5, 5.41) is 3.50. The van der Waals surface area contributed by atoms with Crippen LogP contribution in [0.25, 0.3) is 0 Å². The Kier molecular flexibility index (Phi) is 6.21. The summed E-state index contributed by atoms with van der Waals surface area (Å²) < 4.78 is 0. The summed E-state index contributed by atoms with van der Waals surface area (Å²) >= 11 is 0. The molecule has 0 aromatic heterocycles. The molecule has 78 valence electrons. The Morgan fingerprint density at radius 1 is 0.923 bits per heavy atom. The molecule has 0 atom stereocenters. The summed E-state index contributed by atoms with van der Waals surface area (Å²) in [6.07, 6.45) is 6.90. The van der Waals surface area contributed by atoms with Crippen molar-refractivity contribution in [3.05, 3.63) is 0 Å². The average Bonchev–Trinajstić information content (AvgIpc) is 2.22. The van der Waals surface area contributed by atoms with Crippen molar-refractivity contribution in [1.82, 2.24) is 10.2 Å². The topological polar surface area (TPSA) is 15.3 Å². The summed E-state index contributed by atoms with van der Waals surface area (Å²) in [5.74, 6) is 0. The first-order chi connectivity index (χ1) is 6.43. The van der Waals surface area contributed by atoms with Crippen LogP contribution in [0.15, 0.2) is 0 Å². The maximum Gasteiger partial charge on any atom is -0.000676 e. The fraction of sp³-hybridized carbons (Fsp3) is 1.00. The molecule has 1 aliphatic heterocycles. The quantitative estimate of drug-likeness (QED) is 0.669. The van der Waals surface area contributed by atoms with E-state index in [0.29, 0.717) is 0 Å². The molecule has 1 heterocycles. The first-order valence-corrected chi connectivity index (χ1v) is 5.86. The maximum absolute atomic E-state index is 3.50. The van der Waals surface area contributed by atoms with E-state index in [-0.39, 0.29) is 0 Å². The standard InChI is InChI=1S/C11H24N2/c1-2-13-10-6-4-3-5-8-12-9-7-11-13/h12H,2-11H2,1H3. The highest BCUT2D eigenvalue weighted by atomic mass is 15.1. The Morgan fingerprint density at radius 3 is 2.46 bits per heavy atom. The molecule has 0 amide bonds. The lowest BCUT2D eigenvalue weighted by Crippen LogP contribution is -2.28. The lowest BCUT2D eigenvalue weighted by Gasteiger charge is -2.19. The van der Waals surface area contributed by atoms with Gasteiger partial charge in [-0.2, -0.15) is 0 Å². The molecule has 1 rings (SSSR count). The second kappa shape index (κ2) is 7.34. The fourth-order valence-corrected chi connectivity index (χ4v) is 1.92. The maximum atomic E-state index is 3.50. The van der Waals surface area contributed by atoms with E-state index in [9.17, 15) is 0 Å². The minimum absolute atomic E-state index is 1.20.